The largest absolute Gasteiger partial charge is 0.416 e. The Bertz CT molecular complexity index is 1510. The first kappa shape index (κ1) is 24.3. The van der Waals surface area contributed by atoms with Crippen LogP contribution in [0.1, 0.15) is 31.0 Å². The van der Waals surface area contributed by atoms with E-state index in [9.17, 15) is 22.8 Å². The summed E-state index contributed by atoms with van der Waals surface area (Å²) >= 11 is 0. The van der Waals surface area contributed by atoms with Gasteiger partial charge in [-0.05, 0) is 67.3 Å². The number of pyridine rings is 1. The summed E-state index contributed by atoms with van der Waals surface area (Å²) < 4.78 is 40.5. The topological polar surface area (TPSA) is 115 Å². The zero-order chi connectivity index (χ0) is 26.4. The van der Waals surface area contributed by atoms with Crippen LogP contribution in [0.25, 0.3) is 22.2 Å². The molecule has 0 unspecified atom stereocenters. The van der Waals surface area contributed by atoms with E-state index in [0.29, 0.717) is 36.4 Å². The third-order valence-corrected chi connectivity index (χ3v) is 6.52. The quantitative estimate of drug-likeness (QED) is 0.328. The fraction of sp³-hybridized carbons (Fsp3) is 0.231. The number of nitrogens with zero attached hydrogens (tertiary/aromatic N) is 3. The average molecular weight is 509 g/mol. The molecule has 190 valence electrons. The molecule has 4 N–H and O–H groups in total. The van der Waals surface area contributed by atoms with Crippen molar-refractivity contribution in [3.63, 3.8) is 0 Å². The summed E-state index contributed by atoms with van der Waals surface area (Å²) in [7, 11) is 0. The Morgan fingerprint density at radius 1 is 1.05 bits per heavy atom. The van der Waals surface area contributed by atoms with Gasteiger partial charge in [0.15, 0.2) is 5.65 Å². The van der Waals surface area contributed by atoms with Crippen molar-refractivity contribution in [1.29, 1.82) is 0 Å². The molecule has 3 amide bonds. The number of hydrogen-bond acceptors (Lipinski definition) is 4. The zero-order valence-electron chi connectivity index (χ0n) is 19.8. The second-order valence-electron chi connectivity index (χ2n) is 8.93. The van der Waals surface area contributed by atoms with E-state index < -0.39 is 29.1 Å². The molecule has 0 spiro atoms. The van der Waals surface area contributed by atoms with Gasteiger partial charge < -0.3 is 16.4 Å². The normalized spacial score (nSPS) is 14.4. The predicted octanol–water partition coefficient (Wildman–Crippen LogP) is 5.30. The number of rotatable bonds is 6. The van der Waals surface area contributed by atoms with Crippen molar-refractivity contribution in [3.05, 3.63) is 72.1 Å². The first-order valence-electron chi connectivity index (χ1n) is 11.6. The highest BCUT2D eigenvalue weighted by Gasteiger charge is 2.51. The van der Waals surface area contributed by atoms with Gasteiger partial charge in [-0.1, -0.05) is 18.2 Å². The SMILES string of the molecule is CCn1ncc2c(-c3ccc(NC(=O)Nc4cccc(C(F)(F)F)c4)cc3)cc(C3(C(N)=O)CC3)nc21. The van der Waals surface area contributed by atoms with Crippen LogP contribution >= 0.6 is 0 Å². The number of nitrogens with two attached hydrogens (primary N) is 1. The van der Waals surface area contributed by atoms with E-state index in [-0.39, 0.29) is 5.69 Å². The number of carbonyl (C=O) groups is 2. The molecule has 1 saturated carbocycles. The van der Waals surface area contributed by atoms with Crippen molar-refractivity contribution in [3.8, 4) is 11.1 Å². The standard InChI is InChI=1S/C26H23F3N6O2/c1-2-35-22-20(14-31-35)19(13-21(34-22)25(10-11-25)23(30)36)15-6-8-17(9-7-15)32-24(37)33-18-5-3-4-16(12-18)26(27,28)29/h3-9,12-14H,2,10-11H2,1H3,(H2,30,36)(H2,32,33,37). The molecule has 5 rings (SSSR count). The highest BCUT2D eigenvalue weighted by atomic mass is 19.4. The Hall–Kier alpha value is -4.41. The second-order valence-corrected chi connectivity index (χ2v) is 8.93. The van der Waals surface area contributed by atoms with Gasteiger partial charge in [-0.3, -0.25) is 4.79 Å². The molecule has 4 aromatic rings. The lowest BCUT2D eigenvalue weighted by Crippen LogP contribution is -2.29. The van der Waals surface area contributed by atoms with Crippen LogP contribution in [0.2, 0.25) is 0 Å². The molecule has 0 bridgehead atoms. The summed E-state index contributed by atoms with van der Waals surface area (Å²) in [4.78, 5) is 29.3. The predicted molar refractivity (Wildman–Crippen MR) is 133 cm³/mol. The molecule has 2 heterocycles. The van der Waals surface area contributed by atoms with E-state index in [4.69, 9.17) is 10.7 Å². The number of aromatic nitrogens is 3. The van der Waals surface area contributed by atoms with Gasteiger partial charge in [-0.15, -0.1) is 0 Å². The van der Waals surface area contributed by atoms with Crippen LogP contribution in [0.4, 0.5) is 29.3 Å². The number of halogens is 3. The van der Waals surface area contributed by atoms with Crippen LogP contribution in [0.3, 0.4) is 0 Å². The Labute approximate surface area is 209 Å². The number of fused-ring (bicyclic) bond motifs is 1. The first-order valence-corrected chi connectivity index (χ1v) is 11.6. The van der Waals surface area contributed by atoms with Gasteiger partial charge in [-0.2, -0.15) is 18.3 Å². The molecule has 0 atom stereocenters. The molecular weight excluding hydrogens is 485 g/mol. The minimum atomic E-state index is -4.51. The molecule has 1 fully saturated rings. The van der Waals surface area contributed by atoms with Crippen LogP contribution in [0, 0.1) is 0 Å². The monoisotopic (exact) mass is 508 g/mol. The zero-order valence-corrected chi connectivity index (χ0v) is 19.8. The fourth-order valence-corrected chi connectivity index (χ4v) is 4.32. The number of benzene rings is 2. The third kappa shape index (κ3) is 4.59. The molecule has 2 aromatic heterocycles. The number of amides is 3. The lowest BCUT2D eigenvalue weighted by Gasteiger charge is -2.14. The van der Waals surface area contributed by atoms with E-state index in [0.717, 1.165) is 28.6 Å². The maximum atomic E-state index is 12.9. The highest BCUT2D eigenvalue weighted by Crippen LogP contribution is 2.48. The summed E-state index contributed by atoms with van der Waals surface area (Å²) in [5.41, 5.74) is 7.44. The molecule has 8 nitrogen and oxygen atoms in total. The third-order valence-electron chi connectivity index (χ3n) is 6.52. The number of alkyl halides is 3. The molecule has 0 saturated heterocycles. The molecule has 0 aliphatic heterocycles. The van der Waals surface area contributed by atoms with Gasteiger partial charge in [0.2, 0.25) is 5.91 Å². The number of urea groups is 1. The number of aryl methyl sites for hydroxylation is 1. The minimum absolute atomic E-state index is 0.0204. The van der Waals surface area contributed by atoms with Crippen LogP contribution in [0.15, 0.2) is 60.8 Å². The summed E-state index contributed by atoms with van der Waals surface area (Å²) in [5.74, 6) is -0.404. The molecule has 37 heavy (non-hydrogen) atoms. The van der Waals surface area contributed by atoms with Crippen LogP contribution in [0.5, 0.6) is 0 Å². The summed E-state index contributed by atoms with van der Waals surface area (Å²) in [6.07, 6.45) is -1.50. The Kier molecular flexibility index (Phi) is 5.85. The average Bonchev–Trinajstić information content (AvgIpc) is 3.58. The van der Waals surface area contributed by atoms with E-state index in [1.165, 1.54) is 12.1 Å². The summed E-state index contributed by atoms with van der Waals surface area (Å²) in [6.45, 7) is 2.55. The van der Waals surface area contributed by atoms with Crippen molar-refractivity contribution in [2.75, 3.05) is 10.6 Å². The minimum Gasteiger partial charge on any atom is -0.369 e. The van der Waals surface area contributed by atoms with Gasteiger partial charge in [0.05, 0.1) is 22.9 Å². The number of primary amides is 1. The van der Waals surface area contributed by atoms with Gasteiger partial charge in [0.1, 0.15) is 0 Å². The molecule has 1 aliphatic carbocycles. The number of anilines is 2. The molecule has 2 aromatic carbocycles. The fourth-order valence-electron chi connectivity index (χ4n) is 4.32. The number of hydrogen-bond donors (Lipinski definition) is 3. The van der Waals surface area contributed by atoms with Crippen molar-refractivity contribution in [2.24, 2.45) is 5.73 Å². The molecule has 11 heteroatoms. The first-order chi connectivity index (χ1) is 17.6. The Morgan fingerprint density at radius 3 is 2.38 bits per heavy atom. The van der Waals surface area contributed by atoms with Crippen LogP contribution in [-0.2, 0) is 22.9 Å². The molecule has 1 aliphatic rings. The lowest BCUT2D eigenvalue weighted by atomic mass is 9.95. The maximum absolute atomic E-state index is 12.9. The van der Waals surface area contributed by atoms with Gasteiger partial charge in [-0.25, -0.2) is 14.5 Å². The van der Waals surface area contributed by atoms with Gasteiger partial charge >= 0.3 is 12.2 Å². The number of nitrogens with one attached hydrogen (secondary N) is 2. The smallest absolute Gasteiger partial charge is 0.369 e. The highest BCUT2D eigenvalue weighted by molar-refractivity contribution is 6.00. The van der Waals surface area contributed by atoms with Gasteiger partial charge in [0, 0.05) is 23.3 Å². The maximum Gasteiger partial charge on any atom is 0.416 e. The summed E-state index contributed by atoms with van der Waals surface area (Å²) in [5, 5.41) is 10.3. The lowest BCUT2D eigenvalue weighted by molar-refractivity contribution is -0.137. The summed E-state index contributed by atoms with van der Waals surface area (Å²) in [6, 6.07) is 12.5. The number of carbonyl (C=O) groups excluding carboxylic acids is 2. The van der Waals surface area contributed by atoms with Crippen LogP contribution in [-0.4, -0.2) is 26.7 Å². The van der Waals surface area contributed by atoms with Crippen LogP contribution < -0.4 is 16.4 Å². The Balaban J connectivity index is 1.40. The second kappa shape index (κ2) is 8.91. The molecule has 0 radical (unpaired) electrons. The van der Waals surface area contributed by atoms with Crippen molar-refractivity contribution in [1.82, 2.24) is 14.8 Å². The van der Waals surface area contributed by atoms with Crippen molar-refractivity contribution < 1.29 is 22.8 Å². The Morgan fingerprint density at radius 2 is 1.76 bits per heavy atom. The van der Waals surface area contributed by atoms with E-state index in [1.54, 1.807) is 35.1 Å². The van der Waals surface area contributed by atoms with Crippen molar-refractivity contribution >= 4 is 34.3 Å². The molecular formula is C26H23F3N6O2. The van der Waals surface area contributed by atoms with Crippen molar-refractivity contribution in [2.45, 2.75) is 37.9 Å². The van der Waals surface area contributed by atoms with E-state index in [1.807, 2.05) is 13.0 Å². The van der Waals surface area contributed by atoms with E-state index in [2.05, 4.69) is 15.7 Å². The van der Waals surface area contributed by atoms with Gasteiger partial charge in [0.25, 0.3) is 0 Å². The van der Waals surface area contributed by atoms with E-state index >= 15 is 0 Å².